The van der Waals surface area contributed by atoms with Crippen molar-refractivity contribution in [3.63, 3.8) is 0 Å². The Labute approximate surface area is 183 Å². The largest absolute Gasteiger partial charge is 0.493 e. The van der Waals surface area contributed by atoms with Gasteiger partial charge in [-0.15, -0.1) is 0 Å². The van der Waals surface area contributed by atoms with Crippen molar-refractivity contribution < 1.29 is 14.4 Å². The van der Waals surface area contributed by atoms with Crippen molar-refractivity contribution in [3.8, 4) is 22.8 Å². The molecule has 0 saturated carbocycles. The van der Waals surface area contributed by atoms with Gasteiger partial charge in [-0.1, -0.05) is 36.4 Å². The lowest BCUT2D eigenvalue weighted by molar-refractivity contribution is -0.383. The SMILES string of the molecule is COc1cc2c(cc1OCc1ccccc1)-c1cc3c([N+](=O)[O-])cccc3c(=O)n1CC2. The van der Waals surface area contributed by atoms with Crippen molar-refractivity contribution in [2.45, 2.75) is 19.6 Å². The third kappa shape index (κ3) is 3.28. The van der Waals surface area contributed by atoms with Gasteiger partial charge in [0.05, 0.1) is 28.5 Å². The number of pyridine rings is 1. The number of nitro groups is 1. The molecule has 2 heterocycles. The highest BCUT2D eigenvalue weighted by Gasteiger charge is 2.24. The van der Waals surface area contributed by atoms with Gasteiger partial charge >= 0.3 is 0 Å². The molecule has 3 aromatic carbocycles. The number of nitro benzene ring substituents is 1. The summed E-state index contributed by atoms with van der Waals surface area (Å²) in [6.07, 6.45) is 0.651. The number of aromatic nitrogens is 1. The zero-order valence-electron chi connectivity index (χ0n) is 17.4. The molecule has 0 N–H and O–H groups in total. The first kappa shape index (κ1) is 19.8. The van der Waals surface area contributed by atoms with E-state index in [4.69, 9.17) is 9.47 Å². The number of ether oxygens (including phenoxy) is 2. The van der Waals surface area contributed by atoms with Crippen molar-refractivity contribution >= 4 is 16.5 Å². The monoisotopic (exact) mass is 428 g/mol. The van der Waals surface area contributed by atoms with Crippen molar-refractivity contribution in [2.24, 2.45) is 0 Å². The number of nitrogens with zero attached hydrogens (tertiary/aromatic N) is 2. The molecule has 1 aliphatic heterocycles. The summed E-state index contributed by atoms with van der Waals surface area (Å²) in [4.78, 5) is 24.3. The van der Waals surface area contributed by atoms with Crippen molar-refractivity contribution in [1.82, 2.24) is 4.57 Å². The number of hydrogen-bond donors (Lipinski definition) is 0. The van der Waals surface area contributed by atoms with Crippen LogP contribution in [0.4, 0.5) is 5.69 Å². The van der Waals surface area contributed by atoms with Gasteiger partial charge in [-0.05, 0) is 41.8 Å². The summed E-state index contributed by atoms with van der Waals surface area (Å²) in [6.45, 7) is 0.860. The number of rotatable bonds is 5. The number of methoxy groups -OCH3 is 1. The number of benzene rings is 3. The second-order valence-corrected chi connectivity index (χ2v) is 7.67. The molecule has 7 nitrogen and oxygen atoms in total. The van der Waals surface area contributed by atoms with Crippen LogP contribution in [0.1, 0.15) is 11.1 Å². The molecule has 0 saturated heterocycles. The minimum absolute atomic E-state index is 0.0795. The number of hydrogen-bond acceptors (Lipinski definition) is 5. The van der Waals surface area contributed by atoms with Gasteiger partial charge < -0.3 is 14.0 Å². The molecule has 5 rings (SSSR count). The molecule has 0 spiro atoms. The molecule has 0 amide bonds. The average Bonchev–Trinajstić information content (AvgIpc) is 2.82. The van der Waals surface area contributed by atoms with Gasteiger partial charge in [0, 0.05) is 18.2 Å². The maximum Gasteiger partial charge on any atom is 0.277 e. The Hall–Kier alpha value is -4.13. The zero-order chi connectivity index (χ0) is 22.2. The molecule has 0 atom stereocenters. The van der Waals surface area contributed by atoms with Gasteiger partial charge in [0.2, 0.25) is 0 Å². The van der Waals surface area contributed by atoms with Crippen molar-refractivity contribution in [3.05, 3.63) is 98.3 Å². The lowest BCUT2D eigenvalue weighted by Crippen LogP contribution is -2.26. The molecule has 4 aromatic rings. The fourth-order valence-corrected chi connectivity index (χ4v) is 4.25. The summed E-state index contributed by atoms with van der Waals surface area (Å²) in [7, 11) is 1.59. The number of aryl methyl sites for hydroxylation is 1. The lowest BCUT2D eigenvalue weighted by Gasteiger charge is -2.24. The molecule has 0 radical (unpaired) electrons. The van der Waals surface area contributed by atoms with Crippen LogP contribution in [0, 0.1) is 10.1 Å². The van der Waals surface area contributed by atoms with E-state index in [9.17, 15) is 14.9 Å². The third-order valence-corrected chi connectivity index (χ3v) is 5.83. The Morgan fingerprint density at radius 2 is 1.81 bits per heavy atom. The predicted molar refractivity (Wildman–Crippen MR) is 121 cm³/mol. The molecule has 7 heteroatoms. The lowest BCUT2D eigenvalue weighted by atomic mass is 9.95. The van der Waals surface area contributed by atoms with Crippen LogP contribution in [-0.2, 0) is 19.6 Å². The fraction of sp³-hybridized carbons (Fsp3) is 0.160. The summed E-state index contributed by atoms with van der Waals surface area (Å²) >= 11 is 0. The summed E-state index contributed by atoms with van der Waals surface area (Å²) < 4.78 is 13.3. The van der Waals surface area contributed by atoms with E-state index >= 15 is 0 Å². The molecule has 32 heavy (non-hydrogen) atoms. The van der Waals surface area contributed by atoms with Crippen LogP contribution in [0.3, 0.4) is 0 Å². The number of non-ortho nitro benzene ring substituents is 1. The van der Waals surface area contributed by atoms with E-state index in [2.05, 4.69) is 0 Å². The molecule has 0 bridgehead atoms. The zero-order valence-corrected chi connectivity index (χ0v) is 17.4. The second kappa shape index (κ2) is 7.85. The topological polar surface area (TPSA) is 83.6 Å². The summed E-state index contributed by atoms with van der Waals surface area (Å²) in [6, 6.07) is 19.9. The maximum absolute atomic E-state index is 13.2. The van der Waals surface area contributed by atoms with Crippen LogP contribution < -0.4 is 15.0 Å². The molecular formula is C25H20N2O5. The highest BCUT2D eigenvalue weighted by atomic mass is 16.6. The summed E-state index contributed by atoms with van der Waals surface area (Å²) in [5.41, 5.74) is 3.18. The first-order valence-electron chi connectivity index (χ1n) is 10.3. The van der Waals surface area contributed by atoms with Gasteiger partial charge in [-0.3, -0.25) is 14.9 Å². The van der Waals surface area contributed by atoms with Gasteiger partial charge in [0.25, 0.3) is 11.2 Å². The highest BCUT2D eigenvalue weighted by Crippen LogP contribution is 2.40. The van der Waals surface area contributed by atoms with Crippen LogP contribution in [0.5, 0.6) is 11.5 Å². The van der Waals surface area contributed by atoms with E-state index in [-0.39, 0.29) is 11.2 Å². The van der Waals surface area contributed by atoms with E-state index in [0.717, 1.165) is 16.7 Å². The average molecular weight is 428 g/mol. The Morgan fingerprint density at radius 1 is 1.00 bits per heavy atom. The first-order chi connectivity index (χ1) is 15.6. The first-order valence-corrected chi connectivity index (χ1v) is 10.3. The Kier molecular flexibility index (Phi) is 4.86. The Morgan fingerprint density at radius 3 is 2.56 bits per heavy atom. The van der Waals surface area contributed by atoms with Gasteiger partial charge in [0.1, 0.15) is 6.61 Å². The van der Waals surface area contributed by atoms with Crippen molar-refractivity contribution in [2.75, 3.05) is 7.11 Å². The van der Waals surface area contributed by atoms with Crippen LogP contribution in [0.2, 0.25) is 0 Å². The van der Waals surface area contributed by atoms with Crippen LogP contribution in [-0.4, -0.2) is 16.6 Å². The normalized spacial score (nSPS) is 12.2. The minimum Gasteiger partial charge on any atom is -0.493 e. The molecule has 160 valence electrons. The Balaban J connectivity index is 1.66. The van der Waals surface area contributed by atoms with E-state index in [1.54, 1.807) is 29.9 Å². The molecule has 0 fully saturated rings. The quantitative estimate of drug-likeness (QED) is 0.339. The summed E-state index contributed by atoms with van der Waals surface area (Å²) in [5, 5.41) is 12.2. The highest BCUT2D eigenvalue weighted by molar-refractivity contribution is 5.93. The minimum atomic E-state index is -0.453. The maximum atomic E-state index is 13.2. The summed E-state index contributed by atoms with van der Waals surface area (Å²) in [5.74, 6) is 1.17. The Bertz CT molecular complexity index is 1410. The van der Waals surface area contributed by atoms with Gasteiger partial charge in [-0.2, -0.15) is 0 Å². The van der Waals surface area contributed by atoms with E-state index < -0.39 is 4.92 Å². The molecule has 0 aliphatic carbocycles. The van der Waals surface area contributed by atoms with E-state index in [0.29, 0.717) is 47.5 Å². The van der Waals surface area contributed by atoms with E-state index in [1.165, 1.54) is 6.07 Å². The van der Waals surface area contributed by atoms with E-state index in [1.807, 2.05) is 42.5 Å². The smallest absolute Gasteiger partial charge is 0.277 e. The predicted octanol–water partition coefficient (Wildman–Crippen LogP) is 4.72. The molecular weight excluding hydrogens is 408 g/mol. The number of fused-ring (bicyclic) bond motifs is 4. The van der Waals surface area contributed by atoms with Gasteiger partial charge in [-0.25, -0.2) is 0 Å². The van der Waals surface area contributed by atoms with Crippen LogP contribution in [0.25, 0.3) is 22.0 Å². The molecule has 1 aliphatic rings. The second-order valence-electron chi connectivity index (χ2n) is 7.67. The third-order valence-electron chi connectivity index (χ3n) is 5.83. The molecule has 1 aromatic heterocycles. The fourth-order valence-electron chi connectivity index (χ4n) is 4.25. The van der Waals surface area contributed by atoms with Gasteiger partial charge in [0.15, 0.2) is 11.5 Å². The van der Waals surface area contributed by atoms with Crippen LogP contribution in [0.15, 0.2) is 71.5 Å². The van der Waals surface area contributed by atoms with Crippen molar-refractivity contribution in [1.29, 1.82) is 0 Å². The molecule has 0 unspecified atom stereocenters. The standard InChI is InChI=1S/C25H20N2O5/c1-31-23-12-17-10-11-26-22(13-20-18(25(26)28)8-5-9-21(20)27(29)30)19(17)14-24(23)32-15-16-6-3-2-4-7-16/h2-9,12-14H,10-11,15H2,1H3. The van der Waals surface area contributed by atoms with Crippen LogP contribution >= 0.6 is 0 Å².